The maximum absolute atomic E-state index is 12.5. The molecule has 30 heavy (non-hydrogen) atoms. The number of ether oxygens (including phenoxy) is 1. The Bertz CT molecular complexity index is 895. The molecule has 0 radical (unpaired) electrons. The van der Waals surface area contributed by atoms with Gasteiger partial charge in [0, 0.05) is 5.56 Å². The summed E-state index contributed by atoms with van der Waals surface area (Å²) in [6.07, 6.45) is -1.41. The van der Waals surface area contributed by atoms with E-state index < -0.39 is 42.6 Å². The maximum atomic E-state index is 12.5. The minimum atomic E-state index is -2.59. The maximum Gasteiger partial charge on any atom is 0.338 e. The van der Waals surface area contributed by atoms with Crippen LogP contribution in [0.2, 0.25) is 0 Å². The second kappa shape index (κ2) is 7.89. The molecule has 0 spiro atoms. The lowest BCUT2D eigenvalue weighted by Gasteiger charge is -2.40. The Morgan fingerprint density at radius 3 is 2.40 bits per heavy atom. The van der Waals surface area contributed by atoms with Gasteiger partial charge in [0.1, 0.15) is 18.1 Å². The minimum Gasteiger partial charge on any atom is -0.451 e. The Morgan fingerprint density at radius 2 is 1.87 bits per heavy atom. The summed E-state index contributed by atoms with van der Waals surface area (Å²) in [6, 6.07) is 2.56. The van der Waals surface area contributed by atoms with Crippen LogP contribution >= 0.6 is 0 Å². The third-order valence-electron chi connectivity index (χ3n) is 5.18. The smallest absolute Gasteiger partial charge is 0.338 e. The first-order valence-electron chi connectivity index (χ1n) is 9.12. The molecule has 1 aromatic rings. The number of aliphatic hydroxyl groups excluding tert-OH is 1. The number of nitrogens with zero attached hydrogens (tertiary/aromatic N) is 3. The van der Waals surface area contributed by atoms with E-state index in [1.54, 1.807) is 0 Å². The van der Waals surface area contributed by atoms with Crippen LogP contribution < -0.4 is 17.2 Å². The largest absolute Gasteiger partial charge is 0.451 e. The van der Waals surface area contributed by atoms with Crippen molar-refractivity contribution in [3.05, 3.63) is 35.4 Å². The monoisotopic (exact) mass is 420 g/mol. The van der Waals surface area contributed by atoms with Crippen molar-refractivity contribution in [1.29, 1.82) is 0 Å². The molecule has 3 rings (SSSR count). The number of aliphatic hydroxyl groups is 3. The van der Waals surface area contributed by atoms with Crippen LogP contribution in [-0.4, -0.2) is 87.1 Å². The van der Waals surface area contributed by atoms with Crippen LogP contribution in [0.4, 0.5) is 0 Å². The van der Waals surface area contributed by atoms with Gasteiger partial charge < -0.3 is 42.2 Å². The van der Waals surface area contributed by atoms with Crippen LogP contribution in [-0.2, 0) is 4.74 Å². The number of Topliss-reactive ketones (excluding diaryl/α,β-unsaturated/α-hetero) is 1. The van der Waals surface area contributed by atoms with Crippen LogP contribution in [0.25, 0.3) is 0 Å². The van der Waals surface area contributed by atoms with Gasteiger partial charge in [0.05, 0.1) is 18.7 Å². The number of rotatable bonds is 5. The highest BCUT2D eigenvalue weighted by Crippen LogP contribution is 2.36. The van der Waals surface area contributed by atoms with Gasteiger partial charge in [-0.1, -0.05) is 12.1 Å². The van der Waals surface area contributed by atoms with Gasteiger partial charge in [0.25, 0.3) is 0 Å². The summed E-state index contributed by atoms with van der Waals surface area (Å²) in [7, 11) is 0. The van der Waals surface area contributed by atoms with Crippen molar-refractivity contribution in [2.24, 2.45) is 27.2 Å². The molecule has 1 fully saturated rings. The van der Waals surface area contributed by atoms with Crippen LogP contribution in [0.15, 0.2) is 34.3 Å². The van der Waals surface area contributed by atoms with E-state index in [9.17, 15) is 24.9 Å². The van der Waals surface area contributed by atoms with E-state index in [1.165, 1.54) is 36.1 Å². The van der Waals surface area contributed by atoms with E-state index >= 15 is 0 Å². The molecule has 1 saturated heterocycles. The van der Waals surface area contributed by atoms with Gasteiger partial charge in [-0.3, -0.25) is 4.79 Å². The Kier molecular flexibility index (Phi) is 5.65. The molecule has 0 amide bonds. The SMILES string of the molecule is CC(=O)c1ccc(C(=O)OC2CN3C(N)=NC(CO)C(N=C(N)N)C3C2(O)O)cc1. The summed E-state index contributed by atoms with van der Waals surface area (Å²) >= 11 is 0. The standard InChI is InChI=1S/C18H24N6O6/c1-8(26)9-2-4-10(5-3-9)15(27)30-12-6-24-14(18(12,28)29)13(23-16(19)20)11(7-25)22-17(24)21/h2-5,11-14,25,28-29H,6-7H2,1H3,(H2,21,22)(H4,19,20,23). The first-order valence-corrected chi connectivity index (χ1v) is 9.12. The fourth-order valence-corrected chi connectivity index (χ4v) is 3.69. The zero-order valence-electron chi connectivity index (χ0n) is 16.2. The highest BCUT2D eigenvalue weighted by Gasteiger charge is 2.61. The minimum absolute atomic E-state index is 0.0714. The van der Waals surface area contributed by atoms with Gasteiger partial charge in [-0.05, 0) is 19.1 Å². The Labute approximate surface area is 171 Å². The molecule has 162 valence electrons. The summed E-state index contributed by atoms with van der Waals surface area (Å²) < 4.78 is 5.33. The second-order valence-electron chi connectivity index (χ2n) is 7.19. The topological polar surface area (TPSA) is 210 Å². The van der Waals surface area contributed by atoms with E-state index in [1.807, 2.05) is 0 Å². The van der Waals surface area contributed by atoms with Gasteiger partial charge in [0.2, 0.25) is 5.79 Å². The lowest BCUT2D eigenvalue weighted by molar-refractivity contribution is -0.223. The molecule has 2 aliphatic rings. The van der Waals surface area contributed by atoms with Crippen molar-refractivity contribution in [2.75, 3.05) is 13.2 Å². The predicted molar refractivity (Wildman–Crippen MR) is 105 cm³/mol. The van der Waals surface area contributed by atoms with Crippen molar-refractivity contribution in [1.82, 2.24) is 4.90 Å². The Balaban J connectivity index is 1.86. The number of nitrogens with two attached hydrogens (primary N) is 3. The molecule has 0 aliphatic carbocycles. The molecule has 12 heteroatoms. The van der Waals surface area contributed by atoms with Crippen molar-refractivity contribution in [3.8, 4) is 0 Å². The average Bonchev–Trinajstić information content (AvgIpc) is 2.94. The summed E-state index contributed by atoms with van der Waals surface area (Å²) in [6.45, 7) is 0.723. The molecule has 1 aromatic carbocycles. The predicted octanol–water partition coefficient (Wildman–Crippen LogP) is -2.89. The fourth-order valence-electron chi connectivity index (χ4n) is 3.69. The van der Waals surface area contributed by atoms with Crippen molar-refractivity contribution >= 4 is 23.7 Å². The zero-order valence-corrected chi connectivity index (χ0v) is 16.2. The number of fused-ring (bicyclic) bond motifs is 1. The van der Waals surface area contributed by atoms with Gasteiger partial charge in [-0.15, -0.1) is 0 Å². The molecule has 2 aliphatic heterocycles. The van der Waals surface area contributed by atoms with E-state index in [0.717, 1.165) is 0 Å². The number of carbonyl (C=O) groups is 2. The number of aliphatic imine (C=N–C) groups is 2. The van der Waals surface area contributed by atoms with E-state index in [-0.39, 0.29) is 29.8 Å². The van der Waals surface area contributed by atoms with Crippen molar-refractivity contribution in [3.63, 3.8) is 0 Å². The quantitative estimate of drug-likeness (QED) is 0.0941. The van der Waals surface area contributed by atoms with E-state index in [0.29, 0.717) is 5.56 Å². The van der Waals surface area contributed by atoms with Gasteiger partial charge in [0.15, 0.2) is 23.8 Å². The summed E-state index contributed by atoms with van der Waals surface area (Å²) in [4.78, 5) is 33.3. The molecular formula is C18H24N6O6. The molecule has 9 N–H and O–H groups in total. The average molecular weight is 420 g/mol. The van der Waals surface area contributed by atoms with E-state index in [4.69, 9.17) is 21.9 Å². The number of esters is 1. The lowest BCUT2D eigenvalue weighted by atomic mass is 9.92. The number of guanidine groups is 2. The van der Waals surface area contributed by atoms with E-state index in [2.05, 4.69) is 9.98 Å². The molecule has 4 unspecified atom stereocenters. The number of ketones is 1. The van der Waals surface area contributed by atoms with Gasteiger partial charge in [-0.25, -0.2) is 14.8 Å². The highest BCUT2D eigenvalue weighted by atomic mass is 16.6. The highest BCUT2D eigenvalue weighted by molar-refractivity contribution is 5.96. The zero-order chi connectivity index (χ0) is 22.2. The Morgan fingerprint density at radius 1 is 1.27 bits per heavy atom. The van der Waals surface area contributed by atoms with Crippen molar-refractivity contribution in [2.45, 2.75) is 36.9 Å². The molecule has 2 heterocycles. The second-order valence-corrected chi connectivity index (χ2v) is 7.19. The third-order valence-corrected chi connectivity index (χ3v) is 5.18. The molecule has 0 saturated carbocycles. The fraction of sp³-hybridized carbons (Fsp3) is 0.444. The molecule has 0 aromatic heterocycles. The third kappa shape index (κ3) is 3.79. The lowest BCUT2D eigenvalue weighted by Crippen LogP contribution is -2.63. The van der Waals surface area contributed by atoms with Gasteiger partial charge >= 0.3 is 5.97 Å². The first kappa shape index (κ1) is 21.5. The van der Waals surface area contributed by atoms with Crippen LogP contribution in [0.5, 0.6) is 0 Å². The molecule has 4 atom stereocenters. The van der Waals surface area contributed by atoms with Gasteiger partial charge in [-0.2, -0.15) is 0 Å². The molecular weight excluding hydrogens is 396 g/mol. The number of hydrogen-bond acceptors (Lipinski definition) is 10. The van der Waals surface area contributed by atoms with Crippen molar-refractivity contribution < 1.29 is 29.6 Å². The van der Waals surface area contributed by atoms with Crippen LogP contribution in [0, 0.1) is 0 Å². The molecule has 12 nitrogen and oxygen atoms in total. The van der Waals surface area contributed by atoms with Crippen LogP contribution in [0.1, 0.15) is 27.6 Å². The molecule has 0 bridgehead atoms. The number of carbonyl (C=O) groups excluding carboxylic acids is 2. The number of benzene rings is 1. The summed E-state index contributed by atoms with van der Waals surface area (Å²) in [5.41, 5.74) is 17.3. The number of hydrogen-bond donors (Lipinski definition) is 6. The summed E-state index contributed by atoms with van der Waals surface area (Å²) in [5, 5.41) is 31.2. The normalized spacial score (nSPS) is 27.1. The van der Waals surface area contributed by atoms with Crippen LogP contribution in [0.3, 0.4) is 0 Å². The summed E-state index contributed by atoms with van der Waals surface area (Å²) in [5.74, 6) is -3.98. The Hall–Kier alpha value is -3.22. The first-order chi connectivity index (χ1) is 14.1.